The molecule has 2 rings (SSSR count). The van der Waals surface area contributed by atoms with Gasteiger partial charge in [0.2, 0.25) is 5.91 Å². The minimum Gasteiger partial charge on any atom is -0.490 e. The van der Waals surface area contributed by atoms with Crippen molar-refractivity contribution in [3.05, 3.63) is 52.4 Å². The van der Waals surface area contributed by atoms with Crippen molar-refractivity contribution in [1.29, 1.82) is 0 Å². The molecule has 0 spiro atoms. The molecule has 1 N–H and O–H groups in total. The maximum Gasteiger partial charge on any atom is 0.421 e. The minimum absolute atomic E-state index is 0.368. The van der Waals surface area contributed by atoms with Gasteiger partial charge in [0, 0.05) is 18.0 Å². The SMILES string of the molecule is CCOc1ccc(NC(=O)Cn2cccc(C(F)(F)F)c2=O)cc1OCC. The van der Waals surface area contributed by atoms with Gasteiger partial charge in [-0.1, -0.05) is 0 Å². The number of carbonyl (C=O) groups excluding carboxylic acids is 1. The molecule has 1 aromatic heterocycles. The van der Waals surface area contributed by atoms with Gasteiger partial charge in [-0.05, 0) is 38.1 Å². The van der Waals surface area contributed by atoms with Gasteiger partial charge in [-0.25, -0.2) is 0 Å². The number of benzene rings is 1. The summed E-state index contributed by atoms with van der Waals surface area (Å²) in [6, 6.07) is 6.47. The number of anilines is 1. The predicted molar refractivity (Wildman–Crippen MR) is 93.1 cm³/mol. The molecule has 0 radical (unpaired) electrons. The van der Waals surface area contributed by atoms with E-state index in [0.717, 1.165) is 12.3 Å². The first-order chi connectivity index (χ1) is 12.8. The fourth-order valence-corrected chi connectivity index (χ4v) is 2.36. The quantitative estimate of drug-likeness (QED) is 0.795. The standard InChI is InChI=1S/C18H19F3N2O4/c1-3-26-14-8-7-12(10-15(14)27-4-2)22-16(24)11-23-9-5-6-13(17(23)25)18(19,20)21/h5-10H,3-4,11H2,1-2H3,(H,22,24). The van der Waals surface area contributed by atoms with Gasteiger partial charge in [-0.3, -0.25) is 9.59 Å². The zero-order valence-electron chi connectivity index (χ0n) is 14.8. The van der Waals surface area contributed by atoms with E-state index in [2.05, 4.69) is 5.32 Å². The largest absolute Gasteiger partial charge is 0.490 e. The molecule has 0 saturated heterocycles. The molecule has 6 nitrogen and oxygen atoms in total. The molecule has 0 fully saturated rings. The van der Waals surface area contributed by atoms with Crippen LogP contribution < -0.4 is 20.3 Å². The third kappa shape index (κ3) is 5.25. The van der Waals surface area contributed by atoms with E-state index in [0.29, 0.717) is 41.0 Å². The van der Waals surface area contributed by atoms with Gasteiger partial charge in [-0.2, -0.15) is 13.2 Å². The number of hydrogen-bond donors (Lipinski definition) is 1. The van der Waals surface area contributed by atoms with Crippen molar-refractivity contribution in [3.63, 3.8) is 0 Å². The summed E-state index contributed by atoms with van der Waals surface area (Å²) in [6.45, 7) is 3.88. The number of amides is 1. The molecule has 0 saturated carbocycles. The number of nitrogens with one attached hydrogen (secondary N) is 1. The van der Waals surface area contributed by atoms with Crippen LogP contribution in [0.25, 0.3) is 0 Å². The van der Waals surface area contributed by atoms with Gasteiger partial charge in [0.05, 0.1) is 13.2 Å². The van der Waals surface area contributed by atoms with Crippen molar-refractivity contribution >= 4 is 11.6 Å². The third-order valence-corrected chi connectivity index (χ3v) is 3.47. The van der Waals surface area contributed by atoms with E-state index in [9.17, 15) is 22.8 Å². The lowest BCUT2D eigenvalue weighted by Gasteiger charge is -2.14. The molecule has 1 heterocycles. The Morgan fingerprint density at radius 2 is 1.78 bits per heavy atom. The molecule has 27 heavy (non-hydrogen) atoms. The summed E-state index contributed by atoms with van der Waals surface area (Å²) in [4.78, 5) is 24.0. The number of pyridine rings is 1. The molecule has 0 aliphatic carbocycles. The second kappa shape index (κ2) is 8.61. The number of alkyl halides is 3. The zero-order valence-corrected chi connectivity index (χ0v) is 14.8. The Morgan fingerprint density at radius 1 is 1.11 bits per heavy atom. The number of nitrogens with zero attached hydrogens (tertiary/aromatic N) is 1. The molecule has 1 amide bonds. The van der Waals surface area contributed by atoms with Gasteiger partial charge >= 0.3 is 6.18 Å². The fourth-order valence-electron chi connectivity index (χ4n) is 2.36. The first kappa shape index (κ1) is 20.3. The Bertz CT molecular complexity index is 862. The second-order valence-corrected chi connectivity index (χ2v) is 5.43. The van der Waals surface area contributed by atoms with Crippen LogP contribution in [0.15, 0.2) is 41.3 Å². The van der Waals surface area contributed by atoms with Gasteiger partial charge in [0.25, 0.3) is 5.56 Å². The van der Waals surface area contributed by atoms with Crippen molar-refractivity contribution in [3.8, 4) is 11.5 Å². The fraction of sp³-hybridized carbons (Fsp3) is 0.333. The highest BCUT2D eigenvalue weighted by Gasteiger charge is 2.34. The molecular formula is C18H19F3N2O4. The van der Waals surface area contributed by atoms with Crippen LogP contribution in [0.3, 0.4) is 0 Å². The Morgan fingerprint density at radius 3 is 2.41 bits per heavy atom. The Hall–Kier alpha value is -2.97. The van der Waals surface area contributed by atoms with Gasteiger partial charge in [-0.15, -0.1) is 0 Å². The van der Waals surface area contributed by atoms with Crippen LogP contribution in [0.4, 0.5) is 18.9 Å². The molecule has 2 aromatic rings. The lowest BCUT2D eigenvalue weighted by molar-refractivity contribution is -0.139. The van der Waals surface area contributed by atoms with Crippen LogP contribution in [0, 0.1) is 0 Å². The van der Waals surface area contributed by atoms with Gasteiger partial charge in [0.1, 0.15) is 12.1 Å². The first-order valence-electron chi connectivity index (χ1n) is 8.22. The monoisotopic (exact) mass is 384 g/mol. The summed E-state index contributed by atoms with van der Waals surface area (Å²) >= 11 is 0. The Balaban J connectivity index is 2.17. The van der Waals surface area contributed by atoms with Crippen molar-refractivity contribution in [2.24, 2.45) is 0 Å². The summed E-state index contributed by atoms with van der Waals surface area (Å²) < 4.78 is 49.9. The minimum atomic E-state index is -4.78. The number of halogens is 3. The smallest absolute Gasteiger partial charge is 0.421 e. The molecule has 0 unspecified atom stereocenters. The molecular weight excluding hydrogens is 365 g/mol. The summed E-state index contributed by atoms with van der Waals surface area (Å²) in [5.41, 5.74) is -2.23. The number of carbonyl (C=O) groups is 1. The van der Waals surface area contributed by atoms with Crippen molar-refractivity contribution < 1.29 is 27.4 Å². The van der Waals surface area contributed by atoms with Crippen molar-refractivity contribution in [2.75, 3.05) is 18.5 Å². The maximum absolute atomic E-state index is 12.8. The van der Waals surface area contributed by atoms with Crippen molar-refractivity contribution in [1.82, 2.24) is 4.57 Å². The third-order valence-electron chi connectivity index (χ3n) is 3.47. The number of ether oxygens (including phenoxy) is 2. The summed E-state index contributed by atoms with van der Waals surface area (Å²) in [5, 5.41) is 2.53. The van der Waals surface area contributed by atoms with E-state index in [1.54, 1.807) is 25.1 Å². The van der Waals surface area contributed by atoms with Crippen molar-refractivity contribution in [2.45, 2.75) is 26.6 Å². The van der Waals surface area contributed by atoms with E-state index < -0.39 is 29.8 Å². The average Bonchev–Trinajstić information content (AvgIpc) is 2.58. The van der Waals surface area contributed by atoms with Crippen LogP contribution in [0.1, 0.15) is 19.4 Å². The molecule has 0 aliphatic heterocycles. The second-order valence-electron chi connectivity index (χ2n) is 5.43. The molecule has 0 bridgehead atoms. The van der Waals surface area contributed by atoms with Crippen LogP contribution in [-0.2, 0) is 17.5 Å². The van der Waals surface area contributed by atoms with E-state index in [1.807, 2.05) is 6.92 Å². The van der Waals surface area contributed by atoms with Crippen LogP contribution in [0.2, 0.25) is 0 Å². The highest BCUT2D eigenvalue weighted by atomic mass is 19.4. The Labute approximate surface area is 153 Å². The zero-order chi connectivity index (χ0) is 20.0. The number of aromatic nitrogens is 1. The molecule has 9 heteroatoms. The number of rotatable bonds is 7. The van der Waals surface area contributed by atoms with Crippen LogP contribution in [0.5, 0.6) is 11.5 Å². The topological polar surface area (TPSA) is 69.6 Å². The van der Waals surface area contributed by atoms with Crippen LogP contribution in [-0.4, -0.2) is 23.7 Å². The first-order valence-corrected chi connectivity index (χ1v) is 8.22. The highest BCUT2D eigenvalue weighted by Crippen LogP contribution is 2.30. The highest BCUT2D eigenvalue weighted by molar-refractivity contribution is 5.90. The summed E-state index contributed by atoms with van der Waals surface area (Å²) in [6.07, 6.45) is -3.65. The lowest BCUT2D eigenvalue weighted by atomic mass is 10.2. The average molecular weight is 384 g/mol. The lowest BCUT2D eigenvalue weighted by Crippen LogP contribution is -2.31. The van der Waals surface area contributed by atoms with Crippen LogP contribution >= 0.6 is 0 Å². The summed E-state index contributed by atoms with van der Waals surface area (Å²) in [5.74, 6) is 0.280. The maximum atomic E-state index is 12.8. The molecule has 0 atom stereocenters. The molecule has 1 aromatic carbocycles. The number of hydrogen-bond acceptors (Lipinski definition) is 4. The molecule has 0 aliphatic rings. The van der Waals surface area contributed by atoms with E-state index >= 15 is 0 Å². The van der Waals surface area contributed by atoms with E-state index in [1.165, 1.54) is 0 Å². The predicted octanol–water partition coefficient (Wildman–Crippen LogP) is 3.30. The van der Waals surface area contributed by atoms with E-state index in [-0.39, 0.29) is 0 Å². The van der Waals surface area contributed by atoms with Gasteiger partial charge < -0.3 is 19.4 Å². The van der Waals surface area contributed by atoms with Gasteiger partial charge in [0.15, 0.2) is 11.5 Å². The normalized spacial score (nSPS) is 11.1. The van der Waals surface area contributed by atoms with E-state index in [4.69, 9.17) is 9.47 Å². The molecule has 146 valence electrons. The summed E-state index contributed by atoms with van der Waals surface area (Å²) in [7, 11) is 0. The Kier molecular flexibility index (Phi) is 6.49.